The number of fused-ring (bicyclic) bond motifs is 1. The maximum absolute atomic E-state index is 12.7. The number of para-hydroxylation sites is 1. The number of benzene rings is 1. The van der Waals surface area contributed by atoms with E-state index < -0.39 is 0 Å². The summed E-state index contributed by atoms with van der Waals surface area (Å²) in [6, 6.07) is 8.27. The maximum Gasteiger partial charge on any atom is 0.227 e. The van der Waals surface area contributed by atoms with E-state index in [-0.39, 0.29) is 17.9 Å². The molecular formula is C17H24N2O2. The molecule has 0 radical (unpaired) electrons. The summed E-state index contributed by atoms with van der Waals surface area (Å²) >= 11 is 0. The fourth-order valence-electron chi connectivity index (χ4n) is 3.38. The molecule has 0 spiro atoms. The first kappa shape index (κ1) is 14.4. The van der Waals surface area contributed by atoms with Gasteiger partial charge in [-0.1, -0.05) is 18.2 Å². The van der Waals surface area contributed by atoms with Gasteiger partial charge in [-0.25, -0.2) is 0 Å². The Hall–Kier alpha value is -1.55. The van der Waals surface area contributed by atoms with Gasteiger partial charge in [-0.2, -0.15) is 0 Å². The number of hydrogen-bond acceptors (Lipinski definition) is 3. The van der Waals surface area contributed by atoms with Crippen LogP contribution in [0.1, 0.15) is 25.3 Å². The third kappa shape index (κ3) is 3.21. The van der Waals surface area contributed by atoms with Crippen LogP contribution >= 0.6 is 0 Å². The van der Waals surface area contributed by atoms with Crippen LogP contribution in [-0.4, -0.2) is 43.2 Å². The molecule has 1 aromatic carbocycles. The molecule has 0 saturated carbocycles. The SMILES string of the molecule is CCOC1CCCN(C(=O)C2CNc3ccccc3C2)C1. The van der Waals surface area contributed by atoms with Gasteiger partial charge >= 0.3 is 0 Å². The summed E-state index contributed by atoms with van der Waals surface area (Å²) in [5, 5.41) is 3.39. The molecule has 1 aromatic rings. The van der Waals surface area contributed by atoms with Crippen molar-refractivity contribution in [2.45, 2.75) is 32.3 Å². The highest BCUT2D eigenvalue weighted by atomic mass is 16.5. The minimum atomic E-state index is 0.0558. The molecule has 2 aliphatic heterocycles. The molecular weight excluding hydrogens is 264 g/mol. The zero-order valence-electron chi connectivity index (χ0n) is 12.7. The lowest BCUT2D eigenvalue weighted by Gasteiger charge is -2.36. The molecule has 4 heteroatoms. The Morgan fingerprint density at radius 1 is 1.43 bits per heavy atom. The molecule has 2 aliphatic rings. The van der Waals surface area contributed by atoms with Gasteiger partial charge in [-0.05, 0) is 37.8 Å². The number of hydrogen-bond donors (Lipinski definition) is 1. The van der Waals surface area contributed by atoms with E-state index in [1.807, 2.05) is 24.0 Å². The lowest BCUT2D eigenvalue weighted by Crippen LogP contribution is -2.48. The summed E-state index contributed by atoms with van der Waals surface area (Å²) in [6.07, 6.45) is 3.19. The first-order valence-electron chi connectivity index (χ1n) is 8.00. The average molecular weight is 288 g/mol. The summed E-state index contributed by atoms with van der Waals surface area (Å²) in [4.78, 5) is 14.7. The van der Waals surface area contributed by atoms with E-state index in [1.165, 1.54) is 11.3 Å². The highest BCUT2D eigenvalue weighted by Crippen LogP contribution is 2.26. The summed E-state index contributed by atoms with van der Waals surface area (Å²) in [5.41, 5.74) is 2.42. The summed E-state index contributed by atoms with van der Waals surface area (Å²) in [5.74, 6) is 0.335. The Balaban J connectivity index is 1.63. The van der Waals surface area contributed by atoms with Gasteiger partial charge in [0.25, 0.3) is 0 Å². The first-order chi connectivity index (χ1) is 10.3. The van der Waals surface area contributed by atoms with Crippen LogP contribution in [0.4, 0.5) is 5.69 Å². The van der Waals surface area contributed by atoms with Crippen LogP contribution in [0, 0.1) is 5.92 Å². The van der Waals surface area contributed by atoms with E-state index in [0.29, 0.717) is 0 Å². The number of ether oxygens (including phenoxy) is 1. The molecule has 0 aliphatic carbocycles. The minimum absolute atomic E-state index is 0.0558. The van der Waals surface area contributed by atoms with Crippen LogP contribution in [0.25, 0.3) is 0 Å². The largest absolute Gasteiger partial charge is 0.384 e. The number of nitrogens with zero attached hydrogens (tertiary/aromatic N) is 1. The van der Waals surface area contributed by atoms with Crippen LogP contribution in [0.5, 0.6) is 0 Å². The van der Waals surface area contributed by atoms with Crippen LogP contribution in [0.3, 0.4) is 0 Å². The molecule has 2 unspecified atom stereocenters. The predicted molar refractivity (Wildman–Crippen MR) is 83.4 cm³/mol. The summed E-state index contributed by atoms with van der Waals surface area (Å²) in [7, 11) is 0. The van der Waals surface area contributed by atoms with Gasteiger partial charge in [0.15, 0.2) is 0 Å². The Morgan fingerprint density at radius 2 is 2.29 bits per heavy atom. The quantitative estimate of drug-likeness (QED) is 0.928. The molecule has 114 valence electrons. The van der Waals surface area contributed by atoms with Crippen LogP contribution in [-0.2, 0) is 16.0 Å². The Kier molecular flexibility index (Phi) is 4.44. The lowest BCUT2D eigenvalue weighted by molar-refractivity contribution is -0.139. The molecule has 1 amide bonds. The van der Waals surface area contributed by atoms with Gasteiger partial charge in [-0.3, -0.25) is 4.79 Å². The number of carbonyl (C=O) groups excluding carboxylic acids is 1. The van der Waals surface area contributed by atoms with Crippen LogP contribution in [0.2, 0.25) is 0 Å². The average Bonchev–Trinajstić information content (AvgIpc) is 2.54. The van der Waals surface area contributed by atoms with Crippen molar-refractivity contribution in [3.63, 3.8) is 0 Å². The highest BCUT2D eigenvalue weighted by molar-refractivity contribution is 5.81. The number of piperidine rings is 1. The van der Waals surface area contributed by atoms with E-state index in [1.54, 1.807) is 0 Å². The number of rotatable bonds is 3. The number of anilines is 1. The second-order valence-corrected chi connectivity index (χ2v) is 5.94. The highest BCUT2D eigenvalue weighted by Gasteiger charge is 2.31. The Bertz CT molecular complexity index is 501. The normalized spacial score (nSPS) is 25.1. The van der Waals surface area contributed by atoms with Crippen molar-refractivity contribution in [2.75, 3.05) is 31.6 Å². The summed E-state index contributed by atoms with van der Waals surface area (Å²) < 4.78 is 5.70. The molecule has 1 fully saturated rings. The van der Waals surface area contributed by atoms with Crippen molar-refractivity contribution in [3.8, 4) is 0 Å². The minimum Gasteiger partial charge on any atom is -0.384 e. The first-order valence-corrected chi connectivity index (χ1v) is 8.00. The van der Waals surface area contributed by atoms with Crippen LogP contribution < -0.4 is 5.32 Å². The molecule has 0 aromatic heterocycles. The fraction of sp³-hybridized carbons (Fsp3) is 0.588. The maximum atomic E-state index is 12.7. The van der Waals surface area contributed by atoms with Gasteiger partial charge < -0.3 is 15.0 Å². The van der Waals surface area contributed by atoms with Crippen molar-refractivity contribution < 1.29 is 9.53 Å². The van der Waals surface area contributed by atoms with E-state index in [9.17, 15) is 4.79 Å². The molecule has 0 bridgehead atoms. The number of amides is 1. The zero-order chi connectivity index (χ0) is 14.7. The standard InChI is InChI=1S/C17H24N2O2/c1-2-21-15-7-5-9-19(12-15)17(20)14-10-13-6-3-4-8-16(13)18-11-14/h3-4,6,8,14-15,18H,2,5,7,9-12H2,1H3. The smallest absolute Gasteiger partial charge is 0.227 e. The molecule has 3 rings (SSSR count). The van der Waals surface area contributed by atoms with Crippen molar-refractivity contribution in [2.24, 2.45) is 5.92 Å². The van der Waals surface area contributed by atoms with E-state index in [2.05, 4.69) is 17.4 Å². The predicted octanol–water partition coefficient (Wildman–Crippen LogP) is 2.30. The van der Waals surface area contributed by atoms with Crippen molar-refractivity contribution in [3.05, 3.63) is 29.8 Å². The number of nitrogens with one attached hydrogen (secondary N) is 1. The van der Waals surface area contributed by atoms with Gasteiger partial charge in [0.1, 0.15) is 0 Å². The van der Waals surface area contributed by atoms with Crippen molar-refractivity contribution >= 4 is 11.6 Å². The lowest BCUT2D eigenvalue weighted by atomic mass is 9.92. The van der Waals surface area contributed by atoms with Crippen molar-refractivity contribution in [1.82, 2.24) is 4.90 Å². The molecule has 21 heavy (non-hydrogen) atoms. The van der Waals surface area contributed by atoms with E-state index in [4.69, 9.17) is 4.74 Å². The molecule has 2 heterocycles. The third-order valence-corrected chi connectivity index (χ3v) is 4.46. The van der Waals surface area contributed by atoms with Gasteiger partial charge in [-0.15, -0.1) is 0 Å². The second kappa shape index (κ2) is 6.48. The number of likely N-dealkylation sites (tertiary alicyclic amines) is 1. The van der Waals surface area contributed by atoms with E-state index >= 15 is 0 Å². The van der Waals surface area contributed by atoms with Gasteiger partial charge in [0.05, 0.1) is 12.0 Å². The Morgan fingerprint density at radius 3 is 3.14 bits per heavy atom. The Labute approximate surface area is 126 Å². The van der Waals surface area contributed by atoms with E-state index in [0.717, 1.165) is 45.5 Å². The zero-order valence-corrected chi connectivity index (χ0v) is 12.7. The molecule has 4 nitrogen and oxygen atoms in total. The van der Waals surface area contributed by atoms with Crippen LogP contribution in [0.15, 0.2) is 24.3 Å². The number of carbonyl (C=O) groups is 1. The fourth-order valence-corrected chi connectivity index (χ4v) is 3.38. The topological polar surface area (TPSA) is 41.6 Å². The molecule has 2 atom stereocenters. The van der Waals surface area contributed by atoms with Gasteiger partial charge in [0, 0.05) is 31.9 Å². The molecule has 1 saturated heterocycles. The monoisotopic (exact) mass is 288 g/mol. The van der Waals surface area contributed by atoms with Gasteiger partial charge in [0.2, 0.25) is 5.91 Å². The molecule has 1 N–H and O–H groups in total. The third-order valence-electron chi connectivity index (χ3n) is 4.46. The summed E-state index contributed by atoms with van der Waals surface area (Å²) in [6.45, 7) is 5.12. The second-order valence-electron chi connectivity index (χ2n) is 5.94. The van der Waals surface area contributed by atoms with Crippen molar-refractivity contribution in [1.29, 1.82) is 0 Å².